The summed E-state index contributed by atoms with van der Waals surface area (Å²) < 4.78 is 8.48. The zero-order valence-electron chi connectivity index (χ0n) is 15.4. The molecule has 0 amide bonds. The highest BCUT2D eigenvalue weighted by atomic mass is 16.5. The van der Waals surface area contributed by atoms with Crippen molar-refractivity contribution in [2.45, 2.75) is 73.1 Å². The van der Waals surface area contributed by atoms with Crippen LogP contribution in [-0.4, -0.2) is 17.2 Å². The standard InChI is InChI=1S/C20H32N2O/c1-6-11-21-14-19-16(5)22(12-7-2)20-10-9-17(13-18(19)20)23-15(4)8-3/h9-10,13,15,21H,6-8,11-12,14H2,1-5H3/t15-/m1/s1. The van der Waals surface area contributed by atoms with E-state index < -0.39 is 0 Å². The highest BCUT2D eigenvalue weighted by Crippen LogP contribution is 2.30. The lowest BCUT2D eigenvalue weighted by molar-refractivity contribution is 0.217. The Morgan fingerprint density at radius 1 is 1.17 bits per heavy atom. The van der Waals surface area contributed by atoms with E-state index in [9.17, 15) is 0 Å². The summed E-state index contributed by atoms with van der Waals surface area (Å²) in [6.07, 6.45) is 3.60. The summed E-state index contributed by atoms with van der Waals surface area (Å²) in [4.78, 5) is 0. The van der Waals surface area contributed by atoms with Crippen molar-refractivity contribution >= 4 is 10.9 Å². The summed E-state index contributed by atoms with van der Waals surface area (Å²) in [5.74, 6) is 0.984. The first-order chi connectivity index (χ1) is 11.1. The number of hydrogen-bond acceptors (Lipinski definition) is 2. The number of aromatic nitrogens is 1. The third-order valence-corrected chi connectivity index (χ3v) is 4.51. The Morgan fingerprint density at radius 3 is 2.61 bits per heavy atom. The zero-order chi connectivity index (χ0) is 16.8. The Morgan fingerprint density at radius 2 is 1.96 bits per heavy atom. The van der Waals surface area contributed by atoms with Gasteiger partial charge in [-0.3, -0.25) is 0 Å². The van der Waals surface area contributed by atoms with Crippen molar-refractivity contribution in [3.8, 4) is 5.75 Å². The summed E-state index contributed by atoms with van der Waals surface area (Å²) in [6.45, 7) is 14.0. The predicted molar refractivity (Wildman–Crippen MR) is 99.3 cm³/mol. The second-order valence-electron chi connectivity index (χ2n) is 6.41. The molecule has 0 radical (unpaired) electrons. The normalized spacial score (nSPS) is 12.7. The molecule has 0 unspecified atom stereocenters. The van der Waals surface area contributed by atoms with Gasteiger partial charge in [0.1, 0.15) is 5.75 Å². The Kier molecular flexibility index (Phi) is 6.52. The van der Waals surface area contributed by atoms with E-state index in [-0.39, 0.29) is 6.10 Å². The van der Waals surface area contributed by atoms with E-state index in [0.29, 0.717) is 0 Å². The lowest BCUT2D eigenvalue weighted by atomic mass is 10.1. The van der Waals surface area contributed by atoms with E-state index in [4.69, 9.17) is 4.74 Å². The van der Waals surface area contributed by atoms with Crippen LogP contribution in [0, 0.1) is 6.92 Å². The second kappa shape index (κ2) is 8.39. The lowest BCUT2D eigenvalue weighted by Crippen LogP contribution is -2.14. The van der Waals surface area contributed by atoms with E-state index >= 15 is 0 Å². The van der Waals surface area contributed by atoms with Gasteiger partial charge in [0.15, 0.2) is 0 Å². The van der Waals surface area contributed by atoms with E-state index in [1.165, 1.54) is 22.2 Å². The summed E-state index contributed by atoms with van der Waals surface area (Å²) in [7, 11) is 0. The molecule has 128 valence electrons. The van der Waals surface area contributed by atoms with Crippen LogP contribution in [0.5, 0.6) is 5.75 Å². The molecule has 0 aliphatic heterocycles. The number of benzene rings is 1. The summed E-state index contributed by atoms with van der Waals surface area (Å²) in [6, 6.07) is 6.56. The highest BCUT2D eigenvalue weighted by Gasteiger charge is 2.14. The molecule has 0 saturated carbocycles. The minimum atomic E-state index is 0.257. The van der Waals surface area contributed by atoms with Crippen LogP contribution < -0.4 is 10.1 Å². The first-order valence-electron chi connectivity index (χ1n) is 9.11. The minimum Gasteiger partial charge on any atom is -0.491 e. The Balaban J connectivity index is 2.42. The van der Waals surface area contributed by atoms with Crippen LogP contribution in [0.1, 0.15) is 58.2 Å². The molecule has 1 atom stereocenters. The van der Waals surface area contributed by atoms with Crippen molar-refractivity contribution in [1.29, 1.82) is 0 Å². The third kappa shape index (κ3) is 4.08. The average molecular weight is 316 g/mol. The maximum Gasteiger partial charge on any atom is 0.120 e. The van der Waals surface area contributed by atoms with Crippen LogP contribution in [0.2, 0.25) is 0 Å². The molecule has 0 bridgehead atoms. The SMILES string of the molecule is CCCNCc1c(C)n(CCC)c2ccc(O[C@H](C)CC)cc12. The Hall–Kier alpha value is -1.48. The molecule has 0 aliphatic carbocycles. The molecule has 3 nitrogen and oxygen atoms in total. The van der Waals surface area contributed by atoms with Gasteiger partial charge in [-0.2, -0.15) is 0 Å². The van der Waals surface area contributed by atoms with Crippen LogP contribution in [0.15, 0.2) is 18.2 Å². The van der Waals surface area contributed by atoms with Gasteiger partial charge in [0, 0.05) is 29.7 Å². The fourth-order valence-corrected chi connectivity index (χ4v) is 3.04. The van der Waals surface area contributed by atoms with E-state index in [1.54, 1.807) is 0 Å². The Bertz CT molecular complexity index is 630. The smallest absolute Gasteiger partial charge is 0.120 e. The van der Waals surface area contributed by atoms with E-state index in [2.05, 4.69) is 62.7 Å². The molecule has 1 N–H and O–H groups in total. The maximum absolute atomic E-state index is 6.03. The predicted octanol–water partition coefficient (Wildman–Crippen LogP) is 5.04. The fourth-order valence-electron chi connectivity index (χ4n) is 3.04. The van der Waals surface area contributed by atoms with Gasteiger partial charge in [-0.25, -0.2) is 0 Å². The fraction of sp³-hybridized carbons (Fsp3) is 0.600. The molecule has 0 saturated heterocycles. The van der Waals surface area contributed by atoms with Gasteiger partial charge in [-0.15, -0.1) is 0 Å². The molecular weight excluding hydrogens is 284 g/mol. The first-order valence-corrected chi connectivity index (χ1v) is 9.11. The van der Waals surface area contributed by atoms with Crippen LogP contribution in [0.25, 0.3) is 10.9 Å². The molecule has 2 rings (SSSR count). The third-order valence-electron chi connectivity index (χ3n) is 4.51. The Labute approximate surface area is 141 Å². The van der Waals surface area contributed by atoms with Gasteiger partial charge in [0.05, 0.1) is 6.10 Å². The molecule has 3 heteroatoms. The van der Waals surface area contributed by atoms with Crippen molar-refractivity contribution in [2.24, 2.45) is 0 Å². The van der Waals surface area contributed by atoms with Crippen LogP contribution in [-0.2, 0) is 13.1 Å². The molecule has 1 heterocycles. The molecular formula is C20H32N2O. The van der Waals surface area contributed by atoms with Gasteiger partial charge < -0.3 is 14.6 Å². The largest absolute Gasteiger partial charge is 0.491 e. The van der Waals surface area contributed by atoms with Crippen molar-refractivity contribution in [3.63, 3.8) is 0 Å². The number of fused-ring (bicyclic) bond motifs is 1. The van der Waals surface area contributed by atoms with Gasteiger partial charge in [-0.05, 0) is 63.4 Å². The maximum atomic E-state index is 6.03. The molecule has 23 heavy (non-hydrogen) atoms. The lowest BCUT2D eigenvalue weighted by Gasteiger charge is -2.13. The van der Waals surface area contributed by atoms with Crippen LogP contribution in [0.3, 0.4) is 0 Å². The van der Waals surface area contributed by atoms with Crippen molar-refractivity contribution in [2.75, 3.05) is 6.54 Å². The van der Waals surface area contributed by atoms with E-state index in [0.717, 1.165) is 44.6 Å². The van der Waals surface area contributed by atoms with Crippen LogP contribution >= 0.6 is 0 Å². The number of nitrogens with one attached hydrogen (secondary N) is 1. The van der Waals surface area contributed by atoms with Crippen molar-refractivity contribution in [3.05, 3.63) is 29.5 Å². The minimum absolute atomic E-state index is 0.257. The number of nitrogens with zero attached hydrogens (tertiary/aromatic N) is 1. The molecule has 0 aliphatic rings. The average Bonchev–Trinajstić information content (AvgIpc) is 2.80. The molecule has 0 fully saturated rings. The second-order valence-corrected chi connectivity index (χ2v) is 6.41. The first kappa shape index (κ1) is 17.9. The number of rotatable bonds is 9. The van der Waals surface area contributed by atoms with E-state index in [1.807, 2.05) is 0 Å². The van der Waals surface area contributed by atoms with Crippen molar-refractivity contribution in [1.82, 2.24) is 9.88 Å². The summed E-state index contributed by atoms with van der Waals surface area (Å²) in [5.41, 5.74) is 4.12. The van der Waals surface area contributed by atoms with Gasteiger partial charge in [0.2, 0.25) is 0 Å². The quantitative estimate of drug-likeness (QED) is 0.656. The molecule has 2 aromatic rings. The molecule has 1 aromatic carbocycles. The highest BCUT2D eigenvalue weighted by molar-refractivity contribution is 5.87. The number of hydrogen-bond donors (Lipinski definition) is 1. The monoisotopic (exact) mass is 316 g/mol. The number of aryl methyl sites for hydroxylation is 1. The van der Waals surface area contributed by atoms with Crippen molar-refractivity contribution < 1.29 is 4.74 Å². The zero-order valence-corrected chi connectivity index (χ0v) is 15.4. The molecule has 0 spiro atoms. The summed E-state index contributed by atoms with van der Waals surface area (Å²) in [5, 5.41) is 4.89. The summed E-state index contributed by atoms with van der Waals surface area (Å²) >= 11 is 0. The topological polar surface area (TPSA) is 26.2 Å². The van der Waals surface area contributed by atoms with Crippen LogP contribution in [0.4, 0.5) is 0 Å². The van der Waals surface area contributed by atoms with Gasteiger partial charge in [0.25, 0.3) is 0 Å². The molecule has 1 aromatic heterocycles. The van der Waals surface area contributed by atoms with Gasteiger partial charge >= 0.3 is 0 Å². The number of ether oxygens (including phenoxy) is 1. The van der Waals surface area contributed by atoms with Gasteiger partial charge in [-0.1, -0.05) is 20.8 Å².